The first-order valence-corrected chi connectivity index (χ1v) is 7.57. The zero-order valence-corrected chi connectivity index (χ0v) is 12.0. The molecule has 4 heteroatoms. The highest BCUT2D eigenvalue weighted by Crippen LogP contribution is 2.40. The molecule has 1 aliphatic rings. The van der Waals surface area contributed by atoms with E-state index in [1.807, 2.05) is 18.5 Å². The molecule has 0 atom stereocenters. The number of aromatic nitrogens is 4. The molecular weight excluding hydrogens is 272 g/mol. The van der Waals surface area contributed by atoms with E-state index in [-0.39, 0.29) is 0 Å². The van der Waals surface area contributed by atoms with Crippen LogP contribution in [0.15, 0.2) is 49.1 Å². The molecule has 106 valence electrons. The first kappa shape index (κ1) is 11.9. The number of pyridine rings is 1. The van der Waals surface area contributed by atoms with Crippen LogP contribution in [0.25, 0.3) is 33.1 Å². The Balaban J connectivity index is 1.67. The number of nitrogens with one attached hydrogen (secondary N) is 1. The van der Waals surface area contributed by atoms with Crippen molar-refractivity contribution in [3.8, 4) is 11.1 Å². The molecule has 0 saturated heterocycles. The Morgan fingerprint density at radius 3 is 2.95 bits per heavy atom. The highest BCUT2D eigenvalue weighted by atomic mass is 14.9. The molecule has 1 saturated carbocycles. The van der Waals surface area contributed by atoms with Gasteiger partial charge in [0, 0.05) is 40.3 Å². The monoisotopic (exact) mass is 286 g/mol. The SMILES string of the molecule is c1ncc2cc(-c3c[nH]c4nc(C5CC5)ccc34)ccc2n1. The van der Waals surface area contributed by atoms with Gasteiger partial charge in [0.25, 0.3) is 0 Å². The van der Waals surface area contributed by atoms with Crippen LogP contribution in [0.2, 0.25) is 0 Å². The van der Waals surface area contributed by atoms with Gasteiger partial charge in [0.15, 0.2) is 0 Å². The molecule has 1 aliphatic carbocycles. The minimum atomic E-state index is 0.675. The van der Waals surface area contributed by atoms with E-state index in [9.17, 15) is 0 Å². The Kier molecular flexibility index (Phi) is 2.36. The van der Waals surface area contributed by atoms with E-state index >= 15 is 0 Å². The third kappa shape index (κ3) is 1.80. The number of benzene rings is 1. The summed E-state index contributed by atoms with van der Waals surface area (Å²) in [5, 5.41) is 2.22. The summed E-state index contributed by atoms with van der Waals surface area (Å²) in [4.78, 5) is 16.5. The highest BCUT2D eigenvalue weighted by molar-refractivity contribution is 5.96. The van der Waals surface area contributed by atoms with E-state index in [1.54, 1.807) is 6.33 Å². The fourth-order valence-electron chi connectivity index (χ4n) is 3.02. The maximum Gasteiger partial charge on any atom is 0.138 e. The fraction of sp³-hybridized carbons (Fsp3) is 0.167. The standard InChI is InChI=1S/C18H14N4/c1-2-11(1)17-6-4-14-15(9-20-18(14)22-17)12-3-5-16-13(7-12)8-19-10-21-16/h3-11H,1-2H2,(H,20,22). The van der Waals surface area contributed by atoms with Gasteiger partial charge in [-0.25, -0.2) is 15.0 Å². The molecular formula is C18H14N4. The largest absolute Gasteiger partial charge is 0.346 e. The number of H-pyrrole nitrogens is 1. The molecule has 5 rings (SSSR count). The number of nitrogens with zero attached hydrogens (tertiary/aromatic N) is 3. The van der Waals surface area contributed by atoms with Gasteiger partial charge in [-0.1, -0.05) is 6.07 Å². The van der Waals surface area contributed by atoms with Crippen molar-refractivity contribution in [2.45, 2.75) is 18.8 Å². The average Bonchev–Trinajstić information content (AvgIpc) is 3.34. The molecule has 4 nitrogen and oxygen atoms in total. The second-order valence-corrected chi connectivity index (χ2v) is 5.91. The summed E-state index contributed by atoms with van der Waals surface area (Å²) in [6.07, 6.45) is 8.02. The first-order chi connectivity index (χ1) is 10.9. The molecule has 1 N–H and O–H groups in total. The predicted octanol–water partition coefficient (Wildman–Crippen LogP) is 4.05. The molecule has 0 spiro atoms. The normalized spacial score (nSPS) is 14.7. The molecule has 0 bridgehead atoms. The van der Waals surface area contributed by atoms with Crippen LogP contribution in [-0.2, 0) is 0 Å². The van der Waals surface area contributed by atoms with Crippen LogP contribution >= 0.6 is 0 Å². The van der Waals surface area contributed by atoms with Gasteiger partial charge in [0.2, 0.25) is 0 Å². The summed E-state index contributed by atoms with van der Waals surface area (Å²) < 4.78 is 0. The summed E-state index contributed by atoms with van der Waals surface area (Å²) in [6.45, 7) is 0. The lowest BCUT2D eigenvalue weighted by Gasteiger charge is -2.03. The van der Waals surface area contributed by atoms with E-state index in [4.69, 9.17) is 4.98 Å². The van der Waals surface area contributed by atoms with Crippen molar-refractivity contribution in [3.05, 3.63) is 54.7 Å². The molecule has 1 aromatic carbocycles. The number of aromatic amines is 1. The van der Waals surface area contributed by atoms with Crippen LogP contribution < -0.4 is 0 Å². The Labute approximate surface area is 127 Å². The van der Waals surface area contributed by atoms with Crippen molar-refractivity contribution in [3.63, 3.8) is 0 Å². The molecule has 0 amide bonds. The molecule has 22 heavy (non-hydrogen) atoms. The highest BCUT2D eigenvalue weighted by Gasteiger charge is 2.25. The second-order valence-electron chi connectivity index (χ2n) is 5.91. The third-order valence-electron chi connectivity index (χ3n) is 4.37. The molecule has 1 fully saturated rings. The van der Waals surface area contributed by atoms with Crippen LogP contribution in [0, 0.1) is 0 Å². The van der Waals surface area contributed by atoms with Crippen molar-refractivity contribution >= 4 is 21.9 Å². The predicted molar refractivity (Wildman–Crippen MR) is 86.6 cm³/mol. The lowest BCUT2D eigenvalue weighted by molar-refractivity contribution is 1.04. The summed E-state index contributed by atoms with van der Waals surface area (Å²) in [7, 11) is 0. The Bertz CT molecular complexity index is 998. The molecule has 3 aromatic heterocycles. The summed E-state index contributed by atoms with van der Waals surface area (Å²) in [5.74, 6) is 0.675. The zero-order chi connectivity index (χ0) is 14.5. The van der Waals surface area contributed by atoms with E-state index in [0.717, 1.165) is 22.1 Å². The number of hydrogen-bond donors (Lipinski definition) is 1. The number of fused-ring (bicyclic) bond motifs is 2. The lowest BCUT2D eigenvalue weighted by atomic mass is 10.0. The van der Waals surface area contributed by atoms with Crippen LogP contribution in [0.3, 0.4) is 0 Å². The van der Waals surface area contributed by atoms with Crippen molar-refractivity contribution in [1.82, 2.24) is 19.9 Å². The van der Waals surface area contributed by atoms with Gasteiger partial charge in [0.1, 0.15) is 12.0 Å². The van der Waals surface area contributed by atoms with Crippen LogP contribution in [-0.4, -0.2) is 19.9 Å². The quantitative estimate of drug-likeness (QED) is 0.605. The molecule has 0 unspecified atom stereocenters. The van der Waals surface area contributed by atoms with Crippen molar-refractivity contribution in [2.24, 2.45) is 0 Å². The molecule has 4 aromatic rings. The van der Waals surface area contributed by atoms with Crippen molar-refractivity contribution in [2.75, 3.05) is 0 Å². The van der Waals surface area contributed by atoms with Gasteiger partial charge in [-0.15, -0.1) is 0 Å². The summed E-state index contributed by atoms with van der Waals surface area (Å²) in [6, 6.07) is 10.6. The maximum atomic E-state index is 4.77. The van der Waals surface area contributed by atoms with Crippen LogP contribution in [0.4, 0.5) is 0 Å². The van der Waals surface area contributed by atoms with E-state index in [2.05, 4.69) is 39.2 Å². The van der Waals surface area contributed by atoms with Gasteiger partial charge in [0.05, 0.1) is 5.52 Å². The van der Waals surface area contributed by atoms with E-state index in [0.29, 0.717) is 5.92 Å². The van der Waals surface area contributed by atoms with Gasteiger partial charge >= 0.3 is 0 Å². The Hall–Kier alpha value is -2.75. The second kappa shape index (κ2) is 4.37. The minimum Gasteiger partial charge on any atom is -0.346 e. The third-order valence-corrected chi connectivity index (χ3v) is 4.37. The molecule has 0 aliphatic heterocycles. The zero-order valence-electron chi connectivity index (χ0n) is 12.0. The Morgan fingerprint density at radius 2 is 2.05 bits per heavy atom. The maximum absolute atomic E-state index is 4.77. The smallest absolute Gasteiger partial charge is 0.138 e. The minimum absolute atomic E-state index is 0.675. The van der Waals surface area contributed by atoms with Gasteiger partial charge in [-0.3, -0.25) is 0 Å². The topological polar surface area (TPSA) is 54.5 Å². The van der Waals surface area contributed by atoms with E-state index in [1.165, 1.54) is 29.5 Å². The van der Waals surface area contributed by atoms with Crippen molar-refractivity contribution < 1.29 is 0 Å². The first-order valence-electron chi connectivity index (χ1n) is 7.57. The number of hydrogen-bond acceptors (Lipinski definition) is 3. The fourth-order valence-corrected chi connectivity index (χ4v) is 3.02. The number of rotatable bonds is 2. The van der Waals surface area contributed by atoms with Gasteiger partial charge in [-0.2, -0.15) is 0 Å². The van der Waals surface area contributed by atoms with Gasteiger partial charge < -0.3 is 4.98 Å². The molecule has 3 heterocycles. The lowest BCUT2D eigenvalue weighted by Crippen LogP contribution is -1.86. The van der Waals surface area contributed by atoms with Crippen LogP contribution in [0.1, 0.15) is 24.5 Å². The van der Waals surface area contributed by atoms with Crippen LogP contribution in [0.5, 0.6) is 0 Å². The molecule has 0 radical (unpaired) electrons. The summed E-state index contributed by atoms with van der Waals surface area (Å²) >= 11 is 0. The van der Waals surface area contributed by atoms with E-state index < -0.39 is 0 Å². The van der Waals surface area contributed by atoms with Crippen molar-refractivity contribution in [1.29, 1.82) is 0 Å². The average molecular weight is 286 g/mol. The van der Waals surface area contributed by atoms with Gasteiger partial charge in [-0.05, 0) is 42.7 Å². The summed E-state index contributed by atoms with van der Waals surface area (Å²) in [5.41, 5.74) is 5.49. The Morgan fingerprint density at radius 1 is 1.09 bits per heavy atom.